The van der Waals surface area contributed by atoms with Gasteiger partial charge in [0.2, 0.25) is 0 Å². The van der Waals surface area contributed by atoms with Crippen LogP contribution in [0.1, 0.15) is 13.9 Å². The molecule has 7 rings (SSSR count). The molecule has 7 aromatic carbocycles. The van der Waals surface area contributed by atoms with Crippen LogP contribution in [0.2, 0.25) is 0 Å². The zero-order valence-corrected chi connectivity index (χ0v) is 21.4. The Morgan fingerprint density at radius 3 is 1.59 bits per heavy atom. The summed E-state index contributed by atoms with van der Waals surface area (Å²) >= 11 is 0. The highest BCUT2D eigenvalue weighted by molar-refractivity contribution is 5.99. The van der Waals surface area contributed by atoms with Crippen molar-refractivity contribution in [2.45, 2.75) is 0 Å². The van der Waals surface area contributed by atoms with Crippen molar-refractivity contribution in [3.63, 3.8) is 0 Å². The predicted octanol–water partition coefficient (Wildman–Crippen LogP) is 10.8. The molecule has 0 N–H and O–H groups in total. The number of para-hydroxylation sites is 1. The SMILES string of the molecule is [2H]/C(=C(/[2H])c1ccc2cc3ccccc3cc2c1)c1ccc(N(c2ccccc2)c2ccc3ccccc3c2)cc1. The van der Waals surface area contributed by atoms with E-state index in [0.29, 0.717) is 5.56 Å². The normalized spacial score (nSPS) is 12.7. The smallest absolute Gasteiger partial charge is 0.0629 e. The van der Waals surface area contributed by atoms with Gasteiger partial charge in [-0.1, -0.05) is 109 Å². The second-order valence-electron chi connectivity index (χ2n) is 9.76. The van der Waals surface area contributed by atoms with Crippen molar-refractivity contribution in [1.82, 2.24) is 0 Å². The van der Waals surface area contributed by atoms with Crippen LogP contribution in [0.3, 0.4) is 0 Å². The monoisotopic (exact) mass is 499 g/mol. The minimum Gasteiger partial charge on any atom is -0.310 e. The highest BCUT2D eigenvalue weighted by atomic mass is 15.1. The first-order valence-corrected chi connectivity index (χ1v) is 13.2. The van der Waals surface area contributed by atoms with E-state index in [0.717, 1.165) is 33.4 Å². The van der Waals surface area contributed by atoms with Gasteiger partial charge >= 0.3 is 0 Å². The highest BCUT2D eigenvalue weighted by Gasteiger charge is 2.12. The molecule has 0 aliphatic rings. The average Bonchev–Trinajstić information content (AvgIpc) is 3.04. The molecule has 0 radical (unpaired) electrons. The molecule has 0 aliphatic carbocycles. The fraction of sp³-hybridized carbons (Fsp3) is 0. The van der Waals surface area contributed by atoms with E-state index < -0.39 is 0 Å². The maximum Gasteiger partial charge on any atom is 0.0629 e. The van der Waals surface area contributed by atoms with E-state index in [1.54, 1.807) is 0 Å². The Hall–Kier alpha value is -5.14. The van der Waals surface area contributed by atoms with Crippen LogP contribution in [0, 0.1) is 0 Å². The largest absolute Gasteiger partial charge is 0.310 e. The summed E-state index contributed by atoms with van der Waals surface area (Å²) in [6.45, 7) is 0. The standard InChI is InChI=1S/C38H27N/c1-2-12-36(13-3-1)39(38-23-20-30-8-4-5-11-33(30)27-38)37-21-17-28(18-22-37)14-15-29-16-19-34-25-31-9-6-7-10-32(31)26-35(34)24-29/h1-27H/b15-14+/i14D,15D. The van der Waals surface area contributed by atoms with Crippen LogP contribution < -0.4 is 4.90 Å². The summed E-state index contributed by atoms with van der Waals surface area (Å²) < 4.78 is 17.7. The van der Waals surface area contributed by atoms with Gasteiger partial charge in [-0.2, -0.15) is 0 Å². The second kappa shape index (κ2) is 9.96. The van der Waals surface area contributed by atoms with Gasteiger partial charge < -0.3 is 4.90 Å². The third-order valence-electron chi connectivity index (χ3n) is 7.19. The van der Waals surface area contributed by atoms with Crippen LogP contribution in [0.5, 0.6) is 0 Å². The van der Waals surface area contributed by atoms with E-state index >= 15 is 0 Å². The van der Waals surface area contributed by atoms with Crippen LogP contribution in [-0.2, 0) is 0 Å². The Balaban J connectivity index is 1.25. The molecule has 0 heterocycles. The lowest BCUT2D eigenvalue weighted by molar-refractivity contribution is 1.29. The van der Waals surface area contributed by atoms with Gasteiger partial charge in [-0.3, -0.25) is 0 Å². The van der Waals surface area contributed by atoms with Crippen molar-refractivity contribution in [3.8, 4) is 0 Å². The molecule has 0 saturated heterocycles. The van der Waals surface area contributed by atoms with E-state index in [4.69, 9.17) is 2.74 Å². The minimum absolute atomic E-state index is 0.202. The van der Waals surface area contributed by atoms with Gasteiger partial charge in [-0.25, -0.2) is 0 Å². The van der Waals surface area contributed by atoms with Crippen molar-refractivity contribution in [2.75, 3.05) is 4.90 Å². The summed E-state index contributed by atoms with van der Waals surface area (Å²) in [6, 6.07) is 52.2. The molecule has 0 spiro atoms. The van der Waals surface area contributed by atoms with Gasteiger partial charge in [0.05, 0.1) is 2.74 Å². The molecular formula is C38H27N. The number of hydrogen-bond acceptors (Lipinski definition) is 1. The summed E-state index contributed by atoms with van der Waals surface area (Å²) in [5, 5.41) is 6.95. The second-order valence-corrected chi connectivity index (χ2v) is 9.76. The highest BCUT2D eigenvalue weighted by Crippen LogP contribution is 2.36. The number of benzene rings is 7. The van der Waals surface area contributed by atoms with Gasteiger partial charge in [0, 0.05) is 17.1 Å². The summed E-state index contributed by atoms with van der Waals surface area (Å²) in [5.74, 6) is 0. The molecule has 0 amide bonds. The van der Waals surface area contributed by atoms with Crippen molar-refractivity contribution < 1.29 is 2.74 Å². The summed E-state index contributed by atoms with van der Waals surface area (Å²) in [6.07, 6.45) is 0. The number of fused-ring (bicyclic) bond motifs is 3. The van der Waals surface area contributed by atoms with Crippen LogP contribution in [0.4, 0.5) is 17.1 Å². The van der Waals surface area contributed by atoms with E-state index in [2.05, 4.69) is 83.8 Å². The molecule has 0 aromatic heterocycles. The molecule has 39 heavy (non-hydrogen) atoms. The van der Waals surface area contributed by atoms with Crippen molar-refractivity contribution >= 4 is 61.5 Å². The molecular weight excluding hydrogens is 470 g/mol. The number of rotatable bonds is 5. The third kappa shape index (κ3) is 4.67. The first-order valence-electron chi connectivity index (χ1n) is 14.2. The first-order chi connectivity index (χ1) is 20.1. The van der Waals surface area contributed by atoms with Crippen molar-refractivity contribution in [1.29, 1.82) is 0 Å². The lowest BCUT2D eigenvalue weighted by Crippen LogP contribution is -2.09. The molecule has 184 valence electrons. The van der Waals surface area contributed by atoms with Crippen LogP contribution in [0.15, 0.2) is 152 Å². The molecule has 0 aliphatic heterocycles. The Kier molecular flexibility index (Phi) is 5.33. The molecule has 0 atom stereocenters. The lowest BCUT2D eigenvalue weighted by atomic mass is 10.0. The summed E-state index contributed by atoms with van der Waals surface area (Å²) in [5.41, 5.74) is 4.57. The van der Waals surface area contributed by atoms with E-state index in [1.807, 2.05) is 72.8 Å². The van der Waals surface area contributed by atoms with Crippen molar-refractivity contribution in [3.05, 3.63) is 163 Å². The predicted molar refractivity (Wildman–Crippen MR) is 169 cm³/mol. The summed E-state index contributed by atoms with van der Waals surface area (Å²) in [7, 11) is 0. The molecule has 0 unspecified atom stereocenters. The van der Waals surface area contributed by atoms with Crippen LogP contribution in [0.25, 0.3) is 44.4 Å². The van der Waals surface area contributed by atoms with Gasteiger partial charge in [0.25, 0.3) is 0 Å². The van der Waals surface area contributed by atoms with Crippen molar-refractivity contribution in [2.24, 2.45) is 0 Å². The zero-order chi connectivity index (χ0) is 27.8. The third-order valence-corrected chi connectivity index (χ3v) is 7.19. The van der Waals surface area contributed by atoms with E-state index in [9.17, 15) is 0 Å². The van der Waals surface area contributed by atoms with Gasteiger partial charge in [0.1, 0.15) is 0 Å². The van der Waals surface area contributed by atoms with E-state index in [1.165, 1.54) is 21.5 Å². The Labute approximate surface area is 231 Å². The Morgan fingerprint density at radius 1 is 0.359 bits per heavy atom. The fourth-order valence-electron chi connectivity index (χ4n) is 5.20. The topological polar surface area (TPSA) is 3.24 Å². The quantitative estimate of drug-likeness (QED) is 0.168. The van der Waals surface area contributed by atoms with Gasteiger partial charge in [-0.15, -0.1) is 0 Å². The van der Waals surface area contributed by atoms with Crippen LogP contribution in [-0.4, -0.2) is 0 Å². The minimum atomic E-state index is 0.202. The maximum atomic E-state index is 8.87. The number of nitrogens with zero attached hydrogens (tertiary/aromatic N) is 1. The number of hydrogen-bond donors (Lipinski definition) is 0. The number of anilines is 3. The van der Waals surface area contributed by atoms with Gasteiger partial charge in [0.15, 0.2) is 0 Å². The average molecular weight is 500 g/mol. The first kappa shape index (κ1) is 20.9. The molecule has 1 heteroatoms. The lowest BCUT2D eigenvalue weighted by Gasteiger charge is -2.26. The molecule has 0 fully saturated rings. The molecule has 0 bridgehead atoms. The zero-order valence-electron chi connectivity index (χ0n) is 23.4. The molecule has 0 saturated carbocycles. The Bertz CT molecular complexity index is 2060. The molecule has 1 nitrogen and oxygen atoms in total. The Morgan fingerprint density at radius 2 is 0.846 bits per heavy atom. The maximum absolute atomic E-state index is 8.87. The van der Waals surface area contributed by atoms with Gasteiger partial charge in [-0.05, 0) is 98.0 Å². The fourth-order valence-corrected chi connectivity index (χ4v) is 5.20. The van der Waals surface area contributed by atoms with Crippen LogP contribution >= 0.6 is 0 Å². The molecule has 7 aromatic rings. The summed E-state index contributed by atoms with van der Waals surface area (Å²) in [4.78, 5) is 2.22. The van der Waals surface area contributed by atoms with E-state index in [-0.39, 0.29) is 12.1 Å².